The van der Waals surface area contributed by atoms with E-state index in [1.54, 1.807) is 11.9 Å². The van der Waals surface area contributed by atoms with Gasteiger partial charge in [-0.25, -0.2) is 0 Å². The highest BCUT2D eigenvalue weighted by atomic mass is 19.4. The number of hydrogen-bond donors (Lipinski definition) is 3. The summed E-state index contributed by atoms with van der Waals surface area (Å²) in [6.45, 7) is 2.19. The van der Waals surface area contributed by atoms with Crippen LogP contribution in [0.15, 0.2) is 36.0 Å². The molecule has 0 saturated heterocycles. The summed E-state index contributed by atoms with van der Waals surface area (Å²) in [5.74, 6) is -1.44. The lowest BCUT2D eigenvalue weighted by Crippen LogP contribution is -2.59. The van der Waals surface area contributed by atoms with Gasteiger partial charge in [-0.15, -0.1) is 13.2 Å². The number of alkyl halides is 3. The molecule has 11 heteroatoms. The van der Waals surface area contributed by atoms with Crippen molar-refractivity contribution in [1.29, 1.82) is 0 Å². The van der Waals surface area contributed by atoms with Crippen molar-refractivity contribution in [3.05, 3.63) is 41.6 Å². The zero-order chi connectivity index (χ0) is 22.5. The molecule has 3 N–H and O–H groups in total. The Labute approximate surface area is 172 Å². The Morgan fingerprint density at radius 3 is 2.53 bits per heavy atom. The second-order valence-electron chi connectivity index (χ2n) is 6.83. The molecule has 30 heavy (non-hydrogen) atoms. The Kier molecular flexibility index (Phi) is 7.68. The Bertz CT molecular complexity index is 783. The van der Waals surface area contributed by atoms with Crippen molar-refractivity contribution in [2.45, 2.75) is 32.0 Å². The van der Waals surface area contributed by atoms with Gasteiger partial charge >= 0.3 is 6.36 Å². The maximum Gasteiger partial charge on any atom is 0.573 e. The lowest BCUT2D eigenvalue weighted by Gasteiger charge is -2.40. The SMILES string of the molecule is CCCN(C)C1NC(=O)C=C(C(=O)N[C@H](CO)c2ccc(OC(F)(F)F)cc2)N1C. The molecule has 1 aliphatic heterocycles. The topological polar surface area (TPSA) is 94.1 Å². The number of nitrogens with zero attached hydrogens (tertiary/aromatic N) is 2. The summed E-state index contributed by atoms with van der Waals surface area (Å²) in [4.78, 5) is 28.3. The molecule has 1 aromatic carbocycles. The van der Waals surface area contributed by atoms with Gasteiger partial charge < -0.3 is 25.4 Å². The van der Waals surface area contributed by atoms with Crippen molar-refractivity contribution in [3.63, 3.8) is 0 Å². The molecule has 0 aromatic heterocycles. The second-order valence-corrected chi connectivity index (χ2v) is 6.83. The van der Waals surface area contributed by atoms with E-state index in [0.29, 0.717) is 12.1 Å². The van der Waals surface area contributed by atoms with Crippen LogP contribution in [0, 0.1) is 0 Å². The van der Waals surface area contributed by atoms with E-state index in [1.807, 2.05) is 18.9 Å². The van der Waals surface area contributed by atoms with Gasteiger partial charge in [0.1, 0.15) is 11.4 Å². The van der Waals surface area contributed by atoms with E-state index in [1.165, 1.54) is 12.1 Å². The molecule has 1 aliphatic rings. The van der Waals surface area contributed by atoms with Crippen LogP contribution < -0.4 is 15.4 Å². The third-order valence-corrected chi connectivity index (χ3v) is 4.52. The molecule has 0 bridgehead atoms. The first-order valence-corrected chi connectivity index (χ1v) is 9.28. The Balaban J connectivity index is 2.13. The molecular weight excluding hydrogens is 405 g/mol. The minimum atomic E-state index is -4.81. The fourth-order valence-corrected chi connectivity index (χ4v) is 3.10. The van der Waals surface area contributed by atoms with Crippen LogP contribution in [-0.2, 0) is 9.59 Å². The molecule has 8 nitrogen and oxygen atoms in total. The lowest BCUT2D eigenvalue weighted by molar-refractivity contribution is -0.274. The van der Waals surface area contributed by atoms with Crippen molar-refractivity contribution in [2.24, 2.45) is 0 Å². The lowest BCUT2D eigenvalue weighted by atomic mass is 10.1. The Morgan fingerprint density at radius 1 is 1.37 bits per heavy atom. The number of aliphatic hydroxyl groups excluding tert-OH is 1. The summed E-state index contributed by atoms with van der Waals surface area (Å²) >= 11 is 0. The summed E-state index contributed by atoms with van der Waals surface area (Å²) in [5.41, 5.74) is 0.478. The van der Waals surface area contributed by atoms with Crippen LogP contribution >= 0.6 is 0 Å². The number of likely N-dealkylation sites (N-methyl/N-ethyl adjacent to an activating group) is 1. The molecular formula is C19H25F3N4O4. The molecule has 1 heterocycles. The van der Waals surface area contributed by atoms with Gasteiger partial charge in [-0.3, -0.25) is 14.5 Å². The first-order chi connectivity index (χ1) is 14.1. The van der Waals surface area contributed by atoms with E-state index >= 15 is 0 Å². The fraction of sp³-hybridized carbons (Fsp3) is 0.474. The fourth-order valence-electron chi connectivity index (χ4n) is 3.10. The van der Waals surface area contributed by atoms with Crippen LogP contribution in [0.25, 0.3) is 0 Å². The van der Waals surface area contributed by atoms with E-state index in [0.717, 1.165) is 24.6 Å². The van der Waals surface area contributed by atoms with Crippen LogP contribution in [0.5, 0.6) is 5.75 Å². The number of amides is 2. The van der Waals surface area contributed by atoms with Crippen molar-refractivity contribution in [1.82, 2.24) is 20.4 Å². The molecule has 1 aromatic rings. The van der Waals surface area contributed by atoms with Gasteiger partial charge in [0, 0.05) is 19.7 Å². The average molecular weight is 430 g/mol. The zero-order valence-electron chi connectivity index (χ0n) is 16.9. The summed E-state index contributed by atoms with van der Waals surface area (Å²) in [6.07, 6.45) is -3.33. The van der Waals surface area contributed by atoms with Crippen LogP contribution in [0.3, 0.4) is 0 Å². The van der Waals surface area contributed by atoms with Crippen molar-refractivity contribution < 1.29 is 32.6 Å². The summed E-state index contributed by atoms with van der Waals surface area (Å²) in [7, 11) is 3.46. The molecule has 2 amide bonds. The molecule has 1 unspecified atom stereocenters. The first kappa shape index (κ1) is 23.5. The predicted octanol–water partition coefficient (Wildman–Crippen LogP) is 1.31. The number of carbonyl (C=O) groups excluding carboxylic acids is 2. The molecule has 2 atom stereocenters. The third kappa shape index (κ3) is 6.10. The van der Waals surface area contributed by atoms with Crippen molar-refractivity contribution >= 4 is 11.8 Å². The standard InChI is InChI=1S/C19H25F3N4O4/c1-4-9-25(2)18-24-16(28)10-15(26(18)3)17(29)23-14(11-27)12-5-7-13(8-6-12)30-19(20,21)22/h5-8,10,14,18,27H,4,9,11H2,1-3H3,(H,23,29)(H,24,28)/t14-,18?/m1/s1. The molecule has 0 spiro atoms. The first-order valence-electron chi connectivity index (χ1n) is 9.28. The Hall–Kier alpha value is -2.79. The van der Waals surface area contributed by atoms with Gasteiger partial charge in [0.15, 0.2) is 6.29 Å². The van der Waals surface area contributed by atoms with Gasteiger partial charge in [-0.05, 0) is 31.2 Å². The number of benzene rings is 1. The molecule has 2 rings (SSSR count). The minimum Gasteiger partial charge on any atom is -0.406 e. The molecule has 166 valence electrons. The number of ether oxygens (including phenoxy) is 1. The van der Waals surface area contributed by atoms with E-state index in [9.17, 15) is 27.9 Å². The predicted molar refractivity (Wildman–Crippen MR) is 102 cm³/mol. The van der Waals surface area contributed by atoms with Gasteiger partial charge in [-0.1, -0.05) is 19.1 Å². The Morgan fingerprint density at radius 2 is 2.00 bits per heavy atom. The molecule has 0 fully saturated rings. The van der Waals surface area contributed by atoms with Crippen molar-refractivity contribution in [2.75, 3.05) is 27.2 Å². The average Bonchev–Trinajstić information content (AvgIpc) is 2.67. The minimum absolute atomic E-state index is 0.0992. The highest BCUT2D eigenvalue weighted by Crippen LogP contribution is 2.25. The number of aliphatic hydroxyl groups is 1. The molecule has 0 saturated carbocycles. The van der Waals surface area contributed by atoms with Crippen LogP contribution in [0.1, 0.15) is 24.9 Å². The van der Waals surface area contributed by atoms with Gasteiger partial charge in [-0.2, -0.15) is 0 Å². The third-order valence-electron chi connectivity index (χ3n) is 4.52. The quantitative estimate of drug-likeness (QED) is 0.576. The largest absolute Gasteiger partial charge is 0.573 e. The summed E-state index contributed by atoms with van der Waals surface area (Å²) in [5, 5.41) is 15.0. The van der Waals surface area contributed by atoms with E-state index in [-0.39, 0.29) is 5.70 Å². The summed E-state index contributed by atoms with van der Waals surface area (Å²) < 4.78 is 40.7. The van der Waals surface area contributed by atoms with E-state index < -0.39 is 42.9 Å². The maximum absolute atomic E-state index is 12.8. The van der Waals surface area contributed by atoms with E-state index in [2.05, 4.69) is 15.4 Å². The number of nitrogens with one attached hydrogen (secondary N) is 2. The molecule has 0 radical (unpaired) electrons. The maximum atomic E-state index is 12.8. The number of hydrogen-bond acceptors (Lipinski definition) is 6. The van der Waals surface area contributed by atoms with Crippen LogP contribution in [-0.4, -0.2) is 66.6 Å². The summed E-state index contributed by atoms with van der Waals surface area (Å²) in [6, 6.07) is 3.92. The van der Waals surface area contributed by atoms with Crippen LogP contribution in [0.4, 0.5) is 13.2 Å². The monoisotopic (exact) mass is 430 g/mol. The second kappa shape index (κ2) is 9.81. The number of carbonyl (C=O) groups is 2. The highest BCUT2D eigenvalue weighted by molar-refractivity contribution is 6.01. The van der Waals surface area contributed by atoms with Crippen molar-refractivity contribution in [3.8, 4) is 5.75 Å². The highest BCUT2D eigenvalue weighted by Gasteiger charge is 2.32. The molecule has 0 aliphatic carbocycles. The van der Waals surface area contributed by atoms with Gasteiger partial charge in [0.2, 0.25) is 5.91 Å². The van der Waals surface area contributed by atoms with Gasteiger partial charge in [0.25, 0.3) is 5.91 Å². The van der Waals surface area contributed by atoms with Crippen LogP contribution in [0.2, 0.25) is 0 Å². The zero-order valence-corrected chi connectivity index (χ0v) is 16.9. The number of rotatable bonds is 8. The normalized spacial score (nSPS) is 18.0. The van der Waals surface area contributed by atoms with Gasteiger partial charge in [0.05, 0.1) is 12.6 Å². The van der Waals surface area contributed by atoms with E-state index in [4.69, 9.17) is 0 Å². The number of halogens is 3. The smallest absolute Gasteiger partial charge is 0.406 e.